The molecule has 0 aromatic rings. The average Bonchev–Trinajstić information content (AvgIpc) is 2.38. The van der Waals surface area contributed by atoms with Gasteiger partial charge in [-0.15, -0.1) is 11.8 Å². The number of carbonyl (C=O) groups is 1. The highest BCUT2D eigenvalue weighted by Crippen LogP contribution is 2.23. The van der Waals surface area contributed by atoms with Crippen LogP contribution in [0.1, 0.15) is 51.9 Å². The SMILES string of the molecule is BC(B)(C#CCC#CC)CCCCCCC(=O)OC. The Hall–Kier alpha value is -1.28. The number of esters is 1. The molecular formula is C15H24B2O2. The zero-order valence-corrected chi connectivity index (χ0v) is 12.8. The van der Waals surface area contributed by atoms with Crippen molar-refractivity contribution in [3.63, 3.8) is 0 Å². The third-order valence-electron chi connectivity index (χ3n) is 2.94. The Morgan fingerprint density at radius 1 is 1.16 bits per heavy atom. The van der Waals surface area contributed by atoms with E-state index in [2.05, 4.69) is 44.1 Å². The van der Waals surface area contributed by atoms with Crippen molar-refractivity contribution < 1.29 is 9.53 Å². The van der Waals surface area contributed by atoms with Gasteiger partial charge in [-0.05, 0) is 18.6 Å². The van der Waals surface area contributed by atoms with E-state index in [-0.39, 0.29) is 11.2 Å². The van der Waals surface area contributed by atoms with Crippen LogP contribution in [0.4, 0.5) is 0 Å². The normalized spacial score (nSPS) is 9.79. The summed E-state index contributed by atoms with van der Waals surface area (Å²) in [6, 6.07) is 0. The summed E-state index contributed by atoms with van der Waals surface area (Å²) in [5.41, 5.74) is 0. The summed E-state index contributed by atoms with van der Waals surface area (Å²) in [6.07, 6.45) is 6.61. The van der Waals surface area contributed by atoms with E-state index < -0.39 is 0 Å². The van der Waals surface area contributed by atoms with Crippen molar-refractivity contribution in [1.82, 2.24) is 0 Å². The molecule has 0 aromatic carbocycles. The average molecular weight is 258 g/mol. The molecule has 0 saturated heterocycles. The van der Waals surface area contributed by atoms with Crippen LogP contribution in [0.5, 0.6) is 0 Å². The van der Waals surface area contributed by atoms with Gasteiger partial charge in [-0.1, -0.05) is 37.5 Å². The van der Waals surface area contributed by atoms with Gasteiger partial charge >= 0.3 is 5.97 Å². The van der Waals surface area contributed by atoms with Crippen molar-refractivity contribution in [3.05, 3.63) is 0 Å². The lowest BCUT2D eigenvalue weighted by molar-refractivity contribution is -0.140. The van der Waals surface area contributed by atoms with Crippen molar-refractivity contribution in [2.45, 2.75) is 57.1 Å². The molecule has 0 N–H and O–H groups in total. The summed E-state index contributed by atoms with van der Waals surface area (Å²) in [6.45, 7) is 1.83. The van der Waals surface area contributed by atoms with Gasteiger partial charge in [0.05, 0.1) is 13.5 Å². The summed E-state index contributed by atoms with van der Waals surface area (Å²) in [7, 11) is 5.79. The van der Waals surface area contributed by atoms with E-state index in [4.69, 9.17) is 0 Å². The van der Waals surface area contributed by atoms with E-state index in [1.807, 2.05) is 6.92 Å². The lowest BCUT2D eigenvalue weighted by Gasteiger charge is -2.16. The number of methoxy groups -OCH3 is 1. The second-order valence-electron chi connectivity index (χ2n) is 5.28. The highest BCUT2D eigenvalue weighted by Gasteiger charge is 2.13. The van der Waals surface area contributed by atoms with Crippen LogP contribution in [0.25, 0.3) is 0 Å². The first-order valence-corrected chi connectivity index (χ1v) is 6.98. The Kier molecular flexibility index (Phi) is 9.91. The maximum absolute atomic E-state index is 10.9. The number of hydrogen-bond acceptors (Lipinski definition) is 2. The van der Waals surface area contributed by atoms with Gasteiger partial charge in [0, 0.05) is 6.42 Å². The predicted octanol–water partition coefficient (Wildman–Crippen LogP) is 1.30. The second-order valence-corrected chi connectivity index (χ2v) is 5.28. The number of ether oxygens (including phenoxy) is 1. The second kappa shape index (κ2) is 10.6. The van der Waals surface area contributed by atoms with Crippen LogP contribution in [0.15, 0.2) is 0 Å². The van der Waals surface area contributed by atoms with Crippen LogP contribution >= 0.6 is 0 Å². The zero-order valence-electron chi connectivity index (χ0n) is 12.8. The van der Waals surface area contributed by atoms with Crippen LogP contribution in [-0.2, 0) is 9.53 Å². The van der Waals surface area contributed by atoms with Crippen LogP contribution in [0.3, 0.4) is 0 Å². The molecule has 0 aromatic heterocycles. The van der Waals surface area contributed by atoms with Gasteiger partial charge in [-0.2, -0.15) is 0 Å². The Bertz CT molecular complexity index is 380. The Morgan fingerprint density at radius 2 is 1.84 bits per heavy atom. The highest BCUT2D eigenvalue weighted by atomic mass is 16.5. The molecular weight excluding hydrogens is 234 g/mol. The molecule has 0 aliphatic rings. The van der Waals surface area contributed by atoms with Crippen molar-refractivity contribution >= 4 is 21.7 Å². The third-order valence-corrected chi connectivity index (χ3v) is 2.94. The lowest BCUT2D eigenvalue weighted by Crippen LogP contribution is -2.10. The molecule has 0 heterocycles. The van der Waals surface area contributed by atoms with Gasteiger partial charge in [0.25, 0.3) is 0 Å². The maximum Gasteiger partial charge on any atom is 0.305 e. The summed E-state index contributed by atoms with van der Waals surface area (Å²) in [4.78, 5) is 10.9. The van der Waals surface area contributed by atoms with E-state index in [0.717, 1.165) is 32.1 Å². The number of carbonyl (C=O) groups excluding carboxylic acids is 1. The molecule has 0 rings (SSSR count). The molecule has 0 aliphatic carbocycles. The molecule has 0 bridgehead atoms. The number of hydrogen-bond donors (Lipinski definition) is 0. The summed E-state index contributed by atoms with van der Waals surface area (Å²) >= 11 is 0. The van der Waals surface area contributed by atoms with Crippen molar-refractivity contribution in [3.8, 4) is 23.7 Å². The van der Waals surface area contributed by atoms with Crippen LogP contribution < -0.4 is 0 Å². The molecule has 0 spiro atoms. The minimum atomic E-state index is -0.108. The van der Waals surface area contributed by atoms with E-state index >= 15 is 0 Å². The minimum absolute atomic E-state index is 0.0672. The van der Waals surface area contributed by atoms with E-state index in [1.54, 1.807) is 0 Å². The molecule has 102 valence electrons. The molecule has 0 fully saturated rings. The van der Waals surface area contributed by atoms with Crippen molar-refractivity contribution in [2.75, 3.05) is 7.11 Å². The minimum Gasteiger partial charge on any atom is -0.469 e. The summed E-state index contributed by atoms with van der Waals surface area (Å²) in [5.74, 6) is 12.1. The molecule has 2 nitrogen and oxygen atoms in total. The maximum atomic E-state index is 10.9. The molecule has 0 aliphatic heterocycles. The molecule has 0 radical (unpaired) electrons. The standard InChI is InChI=1S/C15H24B2O2/c1-3-4-5-9-12-15(16,17)13-10-7-6-8-11-14(18)19-2/h5-8,10-11,13,16-17H2,1-2H3. The quantitative estimate of drug-likeness (QED) is 0.298. The van der Waals surface area contributed by atoms with Crippen LogP contribution in [0, 0.1) is 23.7 Å². The van der Waals surface area contributed by atoms with Gasteiger partial charge in [0.2, 0.25) is 0 Å². The zero-order chi connectivity index (χ0) is 14.6. The highest BCUT2D eigenvalue weighted by molar-refractivity contribution is 6.42. The van der Waals surface area contributed by atoms with Crippen LogP contribution in [0.2, 0.25) is 5.21 Å². The fourth-order valence-corrected chi connectivity index (χ4v) is 1.77. The Balaban J connectivity index is 3.70. The first-order chi connectivity index (χ1) is 9.02. The summed E-state index contributed by atoms with van der Waals surface area (Å²) < 4.78 is 4.61. The van der Waals surface area contributed by atoms with Gasteiger partial charge in [-0.25, -0.2) is 0 Å². The van der Waals surface area contributed by atoms with Crippen molar-refractivity contribution in [2.24, 2.45) is 0 Å². The molecule has 0 saturated carbocycles. The largest absolute Gasteiger partial charge is 0.469 e. The Morgan fingerprint density at radius 3 is 2.47 bits per heavy atom. The van der Waals surface area contributed by atoms with Gasteiger partial charge in [0.1, 0.15) is 15.7 Å². The van der Waals surface area contributed by atoms with Gasteiger partial charge in [-0.3, -0.25) is 4.79 Å². The number of rotatable bonds is 7. The third kappa shape index (κ3) is 11.5. The first kappa shape index (κ1) is 17.7. The molecule has 0 unspecified atom stereocenters. The smallest absolute Gasteiger partial charge is 0.305 e. The monoisotopic (exact) mass is 258 g/mol. The van der Waals surface area contributed by atoms with Crippen molar-refractivity contribution in [1.29, 1.82) is 0 Å². The van der Waals surface area contributed by atoms with Gasteiger partial charge < -0.3 is 4.74 Å². The van der Waals surface area contributed by atoms with E-state index in [9.17, 15) is 4.79 Å². The topological polar surface area (TPSA) is 26.3 Å². The van der Waals surface area contributed by atoms with Crippen LogP contribution in [-0.4, -0.2) is 28.8 Å². The molecule has 19 heavy (non-hydrogen) atoms. The predicted molar refractivity (Wildman–Crippen MR) is 85.3 cm³/mol. The van der Waals surface area contributed by atoms with E-state index in [0.29, 0.717) is 12.8 Å². The molecule has 4 heteroatoms. The summed E-state index contributed by atoms with van der Waals surface area (Å²) in [5, 5.41) is 0.0672. The fraction of sp³-hybridized carbons (Fsp3) is 0.667. The fourth-order valence-electron chi connectivity index (χ4n) is 1.77. The molecule has 0 atom stereocenters. The van der Waals surface area contributed by atoms with Gasteiger partial charge in [0.15, 0.2) is 0 Å². The van der Waals surface area contributed by atoms with E-state index in [1.165, 1.54) is 7.11 Å². The number of unbranched alkanes of at least 4 members (excludes halogenated alkanes) is 3. The lowest BCUT2D eigenvalue weighted by atomic mass is 9.53. The molecule has 0 amide bonds. The first-order valence-electron chi connectivity index (χ1n) is 6.98. The Labute approximate surface area is 119 Å².